The highest BCUT2D eigenvalue weighted by atomic mass is 35.5. The number of ether oxygens (including phenoxy) is 2. The van der Waals surface area contributed by atoms with E-state index in [9.17, 15) is 18.4 Å². The lowest BCUT2D eigenvalue weighted by molar-refractivity contribution is -0.129. The number of nitrogens with one attached hydrogen (secondary N) is 1. The summed E-state index contributed by atoms with van der Waals surface area (Å²) in [5.74, 6) is -2.96. The molecular weight excluding hydrogens is 506 g/mol. The molecule has 0 saturated carbocycles. The number of carbonyl (C=O) groups excluding carboxylic acids is 2. The second-order valence-corrected chi connectivity index (χ2v) is 9.17. The molecule has 1 aliphatic heterocycles. The van der Waals surface area contributed by atoms with Crippen molar-refractivity contribution in [2.45, 2.75) is 4.90 Å². The number of hydroxylamine groups is 1. The van der Waals surface area contributed by atoms with Gasteiger partial charge in [0.25, 0.3) is 5.91 Å². The van der Waals surface area contributed by atoms with Gasteiger partial charge in [0.2, 0.25) is 0 Å². The van der Waals surface area contributed by atoms with Crippen LogP contribution in [-0.4, -0.2) is 84.2 Å². The minimum absolute atomic E-state index is 0.163. The largest absolute Gasteiger partial charge is 0.451 e. The van der Waals surface area contributed by atoms with E-state index in [-0.39, 0.29) is 36.3 Å². The fourth-order valence-corrected chi connectivity index (χ4v) is 4.25. The molecule has 1 saturated heterocycles. The number of rotatable bonds is 9. The summed E-state index contributed by atoms with van der Waals surface area (Å²) in [7, 11) is 1.62. The van der Waals surface area contributed by atoms with Crippen LogP contribution in [0.5, 0.6) is 11.5 Å². The van der Waals surface area contributed by atoms with Crippen LogP contribution >= 0.6 is 23.5 Å². The second kappa shape index (κ2) is 12.9. The normalized spacial score (nSPS) is 13.6. The van der Waals surface area contributed by atoms with Crippen molar-refractivity contribution in [3.63, 3.8) is 0 Å². The highest BCUT2D eigenvalue weighted by Crippen LogP contribution is 2.33. The number of benzene rings is 2. The molecule has 1 fully saturated rings. The van der Waals surface area contributed by atoms with Crippen LogP contribution < -0.4 is 10.2 Å². The Kier molecular flexibility index (Phi) is 9.93. The van der Waals surface area contributed by atoms with Crippen molar-refractivity contribution in [1.82, 2.24) is 19.6 Å². The van der Waals surface area contributed by atoms with Gasteiger partial charge >= 0.3 is 6.03 Å². The molecule has 1 heterocycles. The summed E-state index contributed by atoms with van der Waals surface area (Å²) in [6, 6.07) is 7.98. The topological polar surface area (TPSA) is 94.6 Å². The molecule has 0 aromatic heterocycles. The zero-order valence-corrected chi connectivity index (χ0v) is 20.5. The first kappa shape index (κ1) is 27.0. The van der Waals surface area contributed by atoms with Crippen LogP contribution in [-0.2, 0) is 9.53 Å². The molecular formula is C22H25ClF2N4O5S. The van der Waals surface area contributed by atoms with Gasteiger partial charge in [-0.15, -0.1) is 0 Å². The minimum Gasteiger partial charge on any atom is -0.451 e. The molecule has 3 rings (SSSR count). The quantitative estimate of drug-likeness (QED) is 0.290. The van der Waals surface area contributed by atoms with Crippen LogP contribution in [0.4, 0.5) is 13.6 Å². The van der Waals surface area contributed by atoms with E-state index < -0.39 is 23.3 Å². The Morgan fingerprint density at radius 2 is 1.80 bits per heavy atom. The molecule has 1 aliphatic rings. The van der Waals surface area contributed by atoms with Gasteiger partial charge in [0.15, 0.2) is 17.4 Å². The standard InChI is InChI=1S/C22H25ClF2N4O5S/c1-27(22(31)28-8-10-33-11-9-28)6-7-29(14-20(30)26-32)35-17-12-18(24)21(19(25)13-17)34-16-4-2-15(23)3-5-16/h2-5,12-13,32H,6-11,14H2,1H3,(H,26,30). The Labute approximate surface area is 210 Å². The summed E-state index contributed by atoms with van der Waals surface area (Å²) >= 11 is 6.71. The molecule has 0 unspecified atom stereocenters. The summed E-state index contributed by atoms with van der Waals surface area (Å²) in [6.07, 6.45) is 0. The Hall–Kier alpha value is -2.64. The van der Waals surface area contributed by atoms with Crippen LogP contribution in [0.3, 0.4) is 0 Å². The van der Waals surface area contributed by atoms with Crippen LogP contribution in [0.25, 0.3) is 0 Å². The highest BCUT2D eigenvalue weighted by molar-refractivity contribution is 7.97. The molecule has 13 heteroatoms. The van der Waals surface area contributed by atoms with E-state index in [2.05, 4.69) is 0 Å². The molecule has 0 radical (unpaired) electrons. The molecule has 35 heavy (non-hydrogen) atoms. The fraction of sp³-hybridized carbons (Fsp3) is 0.364. The highest BCUT2D eigenvalue weighted by Gasteiger charge is 2.22. The maximum absolute atomic E-state index is 14.7. The minimum atomic E-state index is -0.936. The summed E-state index contributed by atoms with van der Waals surface area (Å²) < 4.78 is 41.4. The molecule has 0 spiro atoms. The average Bonchev–Trinajstić information content (AvgIpc) is 2.85. The number of hydrogen-bond acceptors (Lipinski definition) is 7. The second-order valence-electron chi connectivity index (χ2n) is 7.57. The monoisotopic (exact) mass is 530 g/mol. The van der Waals surface area contributed by atoms with Crippen molar-refractivity contribution in [3.05, 3.63) is 53.1 Å². The Morgan fingerprint density at radius 3 is 2.40 bits per heavy atom. The lowest BCUT2D eigenvalue weighted by atomic mass is 10.3. The molecule has 2 aromatic carbocycles. The van der Waals surface area contributed by atoms with Crippen LogP contribution in [0.2, 0.25) is 5.02 Å². The summed E-state index contributed by atoms with van der Waals surface area (Å²) in [4.78, 5) is 27.6. The first-order chi connectivity index (χ1) is 16.8. The van der Waals surface area contributed by atoms with Gasteiger partial charge in [-0.1, -0.05) is 11.6 Å². The number of halogens is 3. The maximum Gasteiger partial charge on any atom is 0.319 e. The van der Waals surface area contributed by atoms with Gasteiger partial charge in [-0.3, -0.25) is 10.0 Å². The van der Waals surface area contributed by atoms with E-state index in [1.54, 1.807) is 11.9 Å². The number of likely N-dealkylation sites (N-methyl/N-ethyl adjacent to an activating group) is 1. The van der Waals surface area contributed by atoms with Gasteiger partial charge in [-0.05, 0) is 48.3 Å². The van der Waals surface area contributed by atoms with E-state index in [0.29, 0.717) is 31.3 Å². The van der Waals surface area contributed by atoms with Crippen molar-refractivity contribution in [2.24, 2.45) is 0 Å². The third kappa shape index (κ3) is 7.94. The smallest absolute Gasteiger partial charge is 0.319 e. The predicted molar refractivity (Wildman–Crippen MR) is 126 cm³/mol. The summed E-state index contributed by atoms with van der Waals surface area (Å²) in [5.41, 5.74) is 1.53. The van der Waals surface area contributed by atoms with Crippen molar-refractivity contribution in [2.75, 3.05) is 53.0 Å². The molecule has 0 bridgehead atoms. The number of amides is 3. The van der Waals surface area contributed by atoms with Crippen molar-refractivity contribution in [1.29, 1.82) is 0 Å². The first-order valence-corrected chi connectivity index (χ1v) is 11.8. The Morgan fingerprint density at radius 1 is 1.17 bits per heavy atom. The van der Waals surface area contributed by atoms with Crippen molar-refractivity contribution >= 4 is 35.5 Å². The van der Waals surface area contributed by atoms with Crippen LogP contribution in [0.15, 0.2) is 41.3 Å². The van der Waals surface area contributed by atoms with Gasteiger partial charge in [0.05, 0.1) is 19.8 Å². The van der Waals surface area contributed by atoms with Gasteiger partial charge in [0, 0.05) is 43.1 Å². The van der Waals surface area contributed by atoms with Crippen LogP contribution in [0.1, 0.15) is 0 Å². The van der Waals surface area contributed by atoms with Crippen LogP contribution in [0, 0.1) is 11.6 Å². The van der Waals surface area contributed by atoms with E-state index in [0.717, 1.165) is 24.1 Å². The molecule has 0 aliphatic carbocycles. The third-order valence-corrected chi connectivity index (χ3v) is 6.25. The molecule has 2 aromatic rings. The average molecular weight is 531 g/mol. The van der Waals surface area contributed by atoms with Crippen molar-refractivity contribution in [3.8, 4) is 11.5 Å². The van der Waals surface area contributed by atoms with Gasteiger partial charge in [-0.2, -0.15) is 0 Å². The zero-order chi connectivity index (χ0) is 25.4. The number of hydrogen-bond donors (Lipinski definition) is 2. The summed E-state index contributed by atoms with van der Waals surface area (Å²) in [6.45, 7) is 2.02. The lowest BCUT2D eigenvalue weighted by Gasteiger charge is -2.32. The molecule has 2 N–H and O–H groups in total. The van der Waals surface area contributed by atoms with Gasteiger partial charge < -0.3 is 19.3 Å². The molecule has 9 nitrogen and oxygen atoms in total. The SMILES string of the molecule is CN(CCN(CC(=O)NO)Sc1cc(F)c(Oc2ccc(Cl)cc2)c(F)c1)C(=O)N1CCOCC1. The third-order valence-electron chi connectivity index (χ3n) is 4.98. The first-order valence-electron chi connectivity index (χ1n) is 10.6. The molecule has 190 valence electrons. The van der Waals surface area contributed by atoms with Gasteiger partial charge in [0.1, 0.15) is 5.75 Å². The number of morpholine rings is 1. The van der Waals surface area contributed by atoms with Gasteiger partial charge in [-0.25, -0.2) is 23.4 Å². The lowest BCUT2D eigenvalue weighted by Crippen LogP contribution is -2.48. The summed E-state index contributed by atoms with van der Waals surface area (Å²) in [5, 5.41) is 9.36. The zero-order valence-electron chi connectivity index (χ0n) is 18.9. The number of urea groups is 1. The number of carbonyl (C=O) groups is 2. The van der Waals surface area contributed by atoms with Crippen molar-refractivity contribution < 1.29 is 33.1 Å². The maximum atomic E-state index is 14.7. The Balaban J connectivity index is 1.67. The van der Waals surface area contributed by atoms with E-state index in [1.807, 2.05) is 0 Å². The number of nitrogens with zero attached hydrogens (tertiary/aromatic N) is 3. The van der Waals surface area contributed by atoms with E-state index in [1.165, 1.54) is 39.0 Å². The predicted octanol–water partition coefficient (Wildman–Crippen LogP) is 3.61. The van der Waals surface area contributed by atoms with E-state index in [4.69, 9.17) is 26.3 Å². The molecule has 3 amide bonds. The van der Waals surface area contributed by atoms with E-state index >= 15 is 0 Å². The Bertz CT molecular complexity index is 1000. The fourth-order valence-electron chi connectivity index (χ4n) is 3.16. The molecule has 0 atom stereocenters.